The van der Waals surface area contributed by atoms with Crippen molar-refractivity contribution in [1.29, 1.82) is 0 Å². The van der Waals surface area contributed by atoms with E-state index < -0.39 is 0 Å². The highest BCUT2D eigenvalue weighted by molar-refractivity contribution is 5.76. The van der Waals surface area contributed by atoms with Crippen molar-refractivity contribution in [2.24, 2.45) is 18.9 Å². The van der Waals surface area contributed by atoms with Crippen LogP contribution in [0.4, 0.5) is 4.79 Å². The average molecular weight is 450 g/mol. The maximum atomic E-state index is 13.1. The van der Waals surface area contributed by atoms with Crippen molar-refractivity contribution < 1.29 is 4.79 Å². The van der Waals surface area contributed by atoms with E-state index in [0.717, 1.165) is 51.9 Å². The number of likely N-dealkylation sites (tertiary alicyclic amines) is 1. The van der Waals surface area contributed by atoms with E-state index in [1.807, 2.05) is 17.9 Å². The van der Waals surface area contributed by atoms with Gasteiger partial charge in [0.15, 0.2) is 0 Å². The van der Waals surface area contributed by atoms with Gasteiger partial charge in [0.05, 0.1) is 12.2 Å². The Balaban J connectivity index is 1.13. The predicted octanol–water partition coefficient (Wildman–Crippen LogP) is 2.02. The van der Waals surface area contributed by atoms with Gasteiger partial charge in [0, 0.05) is 56.6 Å². The second-order valence-electron chi connectivity index (χ2n) is 10.4. The van der Waals surface area contributed by atoms with Crippen LogP contribution in [0.3, 0.4) is 0 Å². The number of fused-ring (bicyclic) bond motifs is 2. The zero-order valence-corrected chi connectivity index (χ0v) is 19.4. The van der Waals surface area contributed by atoms with Gasteiger partial charge in [-0.3, -0.25) is 15.0 Å². The molecule has 6 atom stereocenters. The lowest BCUT2D eigenvalue weighted by molar-refractivity contribution is 0.0523. The number of amides is 2. The van der Waals surface area contributed by atoms with Crippen molar-refractivity contribution in [1.82, 2.24) is 35.7 Å². The van der Waals surface area contributed by atoms with E-state index in [4.69, 9.17) is 0 Å². The van der Waals surface area contributed by atoms with Crippen molar-refractivity contribution >= 4 is 6.03 Å². The first-order chi connectivity index (χ1) is 16.1. The maximum Gasteiger partial charge on any atom is 0.317 e. The molecule has 5 unspecified atom stereocenters. The molecule has 3 aliphatic heterocycles. The number of hydrazine groups is 1. The molecule has 3 N–H and O–H groups in total. The Labute approximate surface area is 195 Å². The van der Waals surface area contributed by atoms with Crippen LogP contribution in [0.1, 0.15) is 42.9 Å². The van der Waals surface area contributed by atoms with Crippen molar-refractivity contribution in [2.75, 3.05) is 19.6 Å². The number of aryl methyl sites for hydroxylation is 1. The van der Waals surface area contributed by atoms with Gasteiger partial charge in [-0.25, -0.2) is 10.2 Å². The van der Waals surface area contributed by atoms with Gasteiger partial charge in [-0.15, -0.1) is 0 Å². The van der Waals surface area contributed by atoms with E-state index in [1.54, 1.807) is 0 Å². The quantitative estimate of drug-likeness (QED) is 0.666. The standard InChI is InChI=1S/C25H35N7O/c1-30-14-19(12-26-30)24-21-10-18-15-32(25(33)27-22(18)11-23(21)28-29-24)20-8-5-9-31(16-20)13-17-6-3-2-4-7-17/h2-4,6-7,12,14,18,20-24,28-29H,5,8-11,13,15-16H2,1H3,(H,27,33)/t18?,20-,21?,22?,23?,24?/m1/s1. The summed E-state index contributed by atoms with van der Waals surface area (Å²) in [6.45, 7) is 3.92. The molecule has 1 aliphatic carbocycles. The first-order valence-electron chi connectivity index (χ1n) is 12.5. The van der Waals surface area contributed by atoms with E-state index in [0.29, 0.717) is 23.9 Å². The number of urea groups is 1. The Kier molecular flexibility index (Phi) is 5.60. The minimum atomic E-state index is 0.135. The minimum Gasteiger partial charge on any atom is -0.335 e. The molecule has 4 heterocycles. The minimum absolute atomic E-state index is 0.135. The molecule has 4 fully saturated rings. The summed E-state index contributed by atoms with van der Waals surface area (Å²) < 4.78 is 1.88. The summed E-state index contributed by atoms with van der Waals surface area (Å²) in [6, 6.07) is 12.1. The molecule has 4 aliphatic rings. The number of piperidine rings is 1. The zero-order valence-electron chi connectivity index (χ0n) is 19.4. The SMILES string of the molecule is Cn1cc(C2NNC3CC4NC(=O)N([C@@H]5CCCN(Cc6ccccc6)C5)CC4CC32)cn1. The fourth-order valence-corrected chi connectivity index (χ4v) is 6.63. The van der Waals surface area contributed by atoms with Gasteiger partial charge in [-0.1, -0.05) is 30.3 Å². The maximum absolute atomic E-state index is 13.1. The molecule has 176 valence electrons. The molecule has 33 heavy (non-hydrogen) atoms. The highest BCUT2D eigenvalue weighted by Crippen LogP contribution is 2.42. The second kappa shape index (κ2) is 8.74. The van der Waals surface area contributed by atoms with Gasteiger partial charge >= 0.3 is 6.03 Å². The number of carbonyl (C=O) groups is 1. The van der Waals surface area contributed by atoms with E-state index in [2.05, 4.69) is 67.6 Å². The summed E-state index contributed by atoms with van der Waals surface area (Å²) in [5.41, 5.74) is 9.62. The molecule has 8 heteroatoms. The molecule has 1 saturated carbocycles. The normalized spacial score (nSPS) is 34.6. The lowest BCUT2D eigenvalue weighted by Gasteiger charge is -2.49. The smallest absolute Gasteiger partial charge is 0.317 e. The first kappa shape index (κ1) is 21.1. The lowest BCUT2D eigenvalue weighted by Crippen LogP contribution is -2.64. The molecule has 0 bridgehead atoms. The fourth-order valence-electron chi connectivity index (χ4n) is 6.63. The van der Waals surface area contributed by atoms with Gasteiger partial charge in [0.2, 0.25) is 0 Å². The molecule has 6 rings (SSSR count). The highest BCUT2D eigenvalue weighted by Gasteiger charge is 2.48. The summed E-state index contributed by atoms with van der Waals surface area (Å²) in [5.74, 6) is 1.02. The lowest BCUT2D eigenvalue weighted by atomic mass is 9.71. The second-order valence-corrected chi connectivity index (χ2v) is 10.4. The Morgan fingerprint density at radius 1 is 1.09 bits per heavy atom. The number of nitrogens with zero attached hydrogens (tertiary/aromatic N) is 4. The number of aromatic nitrogens is 2. The summed E-state index contributed by atoms with van der Waals surface area (Å²) in [7, 11) is 1.97. The van der Waals surface area contributed by atoms with Crippen molar-refractivity contribution in [3.63, 3.8) is 0 Å². The molecule has 2 amide bonds. The highest BCUT2D eigenvalue weighted by atomic mass is 16.2. The van der Waals surface area contributed by atoms with Gasteiger partial charge < -0.3 is 10.2 Å². The predicted molar refractivity (Wildman–Crippen MR) is 126 cm³/mol. The van der Waals surface area contributed by atoms with Crippen LogP contribution in [-0.4, -0.2) is 63.4 Å². The third kappa shape index (κ3) is 4.16. The largest absolute Gasteiger partial charge is 0.335 e. The van der Waals surface area contributed by atoms with Crippen LogP contribution < -0.4 is 16.2 Å². The topological polar surface area (TPSA) is 77.5 Å². The molecule has 3 saturated heterocycles. The average Bonchev–Trinajstić information content (AvgIpc) is 3.43. The monoisotopic (exact) mass is 449 g/mol. The van der Waals surface area contributed by atoms with Gasteiger partial charge in [-0.2, -0.15) is 5.10 Å². The van der Waals surface area contributed by atoms with E-state index in [1.165, 1.54) is 11.1 Å². The van der Waals surface area contributed by atoms with E-state index in [-0.39, 0.29) is 18.1 Å². The summed E-state index contributed by atoms with van der Waals surface area (Å²) in [5, 5.41) is 7.77. The van der Waals surface area contributed by atoms with Gasteiger partial charge in [0.25, 0.3) is 0 Å². The van der Waals surface area contributed by atoms with Crippen LogP contribution >= 0.6 is 0 Å². The van der Waals surface area contributed by atoms with E-state index >= 15 is 0 Å². The zero-order chi connectivity index (χ0) is 22.4. The van der Waals surface area contributed by atoms with Gasteiger partial charge in [-0.05, 0) is 49.6 Å². The van der Waals surface area contributed by atoms with E-state index in [9.17, 15) is 4.79 Å². The number of benzene rings is 1. The molecule has 0 radical (unpaired) electrons. The first-order valence-corrected chi connectivity index (χ1v) is 12.5. The number of rotatable bonds is 4. The Hall–Kier alpha value is -2.42. The summed E-state index contributed by atoms with van der Waals surface area (Å²) in [4.78, 5) is 17.8. The van der Waals surface area contributed by atoms with Gasteiger partial charge in [0.1, 0.15) is 0 Å². The molecule has 1 aromatic carbocycles. The van der Waals surface area contributed by atoms with Crippen molar-refractivity contribution in [3.05, 3.63) is 53.9 Å². The summed E-state index contributed by atoms with van der Waals surface area (Å²) in [6.07, 6.45) is 8.45. The van der Waals surface area contributed by atoms with Crippen LogP contribution in [-0.2, 0) is 13.6 Å². The molecule has 8 nitrogen and oxygen atoms in total. The Morgan fingerprint density at radius 2 is 1.97 bits per heavy atom. The Bertz CT molecular complexity index is 978. The molecular formula is C25H35N7O. The van der Waals surface area contributed by atoms with Crippen molar-refractivity contribution in [3.8, 4) is 0 Å². The van der Waals surface area contributed by atoms with Crippen LogP contribution in [0, 0.1) is 11.8 Å². The molecule has 1 aromatic heterocycles. The van der Waals surface area contributed by atoms with Crippen molar-refractivity contribution in [2.45, 2.75) is 56.4 Å². The summed E-state index contributed by atoms with van der Waals surface area (Å²) >= 11 is 0. The number of carbonyl (C=O) groups excluding carboxylic acids is 1. The molecule has 2 aromatic rings. The fraction of sp³-hybridized carbons (Fsp3) is 0.600. The number of hydrogen-bond donors (Lipinski definition) is 3. The van der Waals surface area contributed by atoms with Crippen LogP contribution in [0.25, 0.3) is 0 Å². The third-order valence-corrected chi connectivity index (χ3v) is 8.28. The molecular weight excluding hydrogens is 414 g/mol. The van der Waals surface area contributed by atoms with Crippen LogP contribution in [0.15, 0.2) is 42.7 Å². The van der Waals surface area contributed by atoms with Crippen LogP contribution in [0.2, 0.25) is 0 Å². The molecule has 0 spiro atoms. The number of hydrogen-bond acceptors (Lipinski definition) is 5. The van der Waals surface area contributed by atoms with Crippen LogP contribution in [0.5, 0.6) is 0 Å². The third-order valence-electron chi connectivity index (χ3n) is 8.28. The number of nitrogens with one attached hydrogen (secondary N) is 3. The Morgan fingerprint density at radius 3 is 2.79 bits per heavy atom.